The molecule has 0 aliphatic rings. The number of aryl methyl sites for hydroxylation is 1. The van der Waals surface area contributed by atoms with Crippen molar-refractivity contribution in [3.8, 4) is 0 Å². The Morgan fingerprint density at radius 2 is 1.88 bits per heavy atom. The molecule has 7 nitrogen and oxygen atoms in total. The highest BCUT2D eigenvalue weighted by Crippen LogP contribution is 2.27. The Morgan fingerprint density at radius 3 is 2.52 bits per heavy atom. The molecule has 0 radical (unpaired) electrons. The molecule has 0 saturated heterocycles. The summed E-state index contributed by atoms with van der Waals surface area (Å²) in [6.45, 7) is 8.77. The number of anilines is 2. The summed E-state index contributed by atoms with van der Waals surface area (Å²) < 4.78 is 10.5. The number of hydrogen-bond acceptors (Lipinski definition) is 7. The maximum atomic E-state index is 12.6. The van der Waals surface area contributed by atoms with E-state index in [1.165, 1.54) is 11.8 Å². The van der Waals surface area contributed by atoms with Gasteiger partial charge in [-0.1, -0.05) is 17.3 Å². The molecule has 3 aromatic rings. The van der Waals surface area contributed by atoms with Crippen LogP contribution in [0, 0.1) is 6.92 Å². The highest BCUT2D eigenvalue weighted by molar-refractivity contribution is 7.98. The summed E-state index contributed by atoms with van der Waals surface area (Å²) in [5, 5.41) is 6.63. The lowest BCUT2D eigenvalue weighted by Gasteiger charge is -2.27. The zero-order valence-electron chi connectivity index (χ0n) is 19.3. The van der Waals surface area contributed by atoms with Crippen molar-refractivity contribution in [2.24, 2.45) is 0 Å². The van der Waals surface area contributed by atoms with Crippen LogP contribution in [-0.4, -0.2) is 36.2 Å². The predicted octanol–water partition coefficient (Wildman–Crippen LogP) is 5.31. The molecule has 0 saturated carbocycles. The monoisotopic (exact) mass is 467 g/mol. The number of carbonyl (C=O) groups excluding carboxylic acids is 2. The van der Waals surface area contributed by atoms with Crippen LogP contribution in [0.25, 0.3) is 0 Å². The molecule has 0 aliphatic heterocycles. The number of thioether (sulfide) groups is 1. The third-order valence-corrected chi connectivity index (χ3v) is 6.03. The molecule has 2 aromatic carbocycles. The molecule has 1 heterocycles. The molecule has 0 spiro atoms. The fraction of sp³-hybridized carbons (Fsp3) is 0.320. The number of nitrogens with zero attached hydrogens (tertiary/aromatic N) is 2. The van der Waals surface area contributed by atoms with Crippen molar-refractivity contribution in [3.63, 3.8) is 0 Å². The Hall–Kier alpha value is -3.26. The number of benzene rings is 2. The molecule has 1 N–H and O–H groups in total. The first-order valence-corrected chi connectivity index (χ1v) is 11.8. The van der Waals surface area contributed by atoms with Crippen molar-refractivity contribution in [1.29, 1.82) is 0 Å². The molecule has 1 aromatic heterocycles. The number of amides is 1. The Labute approximate surface area is 198 Å². The lowest BCUT2D eigenvalue weighted by atomic mass is 10.2. The van der Waals surface area contributed by atoms with E-state index in [0.29, 0.717) is 23.0 Å². The van der Waals surface area contributed by atoms with E-state index in [-0.39, 0.29) is 6.61 Å². The molecule has 174 valence electrons. The van der Waals surface area contributed by atoms with Gasteiger partial charge in [-0.25, -0.2) is 4.79 Å². The zero-order valence-corrected chi connectivity index (χ0v) is 20.1. The van der Waals surface area contributed by atoms with E-state index < -0.39 is 11.9 Å². The summed E-state index contributed by atoms with van der Waals surface area (Å²) in [6.07, 6.45) is 0. The lowest BCUT2D eigenvalue weighted by Crippen LogP contribution is -2.30. The fourth-order valence-corrected chi connectivity index (χ4v) is 4.30. The third kappa shape index (κ3) is 6.86. The van der Waals surface area contributed by atoms with Gasteiger partial charge in [0.15, 0.2) is 6.61 Å². The molecule has 0 atom stereocenters. The second-order valence-corrected chi connectivity index (χ2v) is 8.79. The van der Waals surface area contributed by atoms with E-state index in [9.17, 15) is 9.59 Å². The van der Waals surface area contributed by atoms with Crippen LogP contribution in [0.5, 0.6) is 0 Å². The van der Waals surface area contributed by atoms with Gasteiger partial charge in [-0.3, -0.25) is 4.79 Å². The SMILES string of the molecule is CCN(c1ccc(NC(=O)COC(=O)c2ccccc2SCc2cc(C)no2)cc1)C(C)C. The van der Waals surface area contributed by atoms with E-state index in [1.54, 1.807) is 12.1 Å². The molecule has 0 unspecified atom stereocenters. The molecular weight excluding hydrogens is 438 g/mol. The number of ether oxygens (including phenoxy) is 1. The molecule has 3 rings (SSSR count). The van der Waals surface area contributed by atoms with E-state index in [2.05, 4.69) is 36.1 Å². The van der Waals surface area contributed by atoms with Gasteiger partial charge in [-0.2, -0.15) is 0 Å². The van der Waals surface area contributed by atoms with Gasteiger partial charge in [0.25, 0.3) is 5.91 Å². The summed E-state index contributed by atoms with van der Waals surface area (Å²) in [5.74, 6) is 0.317. The van der Waals surface area contributed by atoms with Gasteiger partial charge in [-0.15, -0.1) is 11.8 Å². The van der Waals surface area contributed by atoms with E-state index >= 15 is 0 Å². The zero-order chi connectivity index (χ0) is 23.8. The van der Waals surface area contributed by atoms with Gasteiger partial charge in [0.2, 0.25) is 0 Å². The molecule has 0 aliphatic carbocycles. The second-order valence-electron chi connectivity index (χ2n) is 7.77. The van der Waals surface area contributed by atoms with E-state index in [4.69, 9.17) is 9.26 Å². The van der Waals surface area contributed by atoms with E-state index in [0.717, 1.165) is 28.6 Å². The minimum Gasteiger partial charge on any atom is -0.452 e. The van der Waals surface area contributed by atoms with Crippen molar-refractivity contribution in [1.82, 2.24) is 5.16 Å². The van der Waals surface area contributed by atoms with Crippen LogP contribution in [-0.2, 0) is 15.3 Å². The van der Waals surface area contributed by atoms with Crippen LogP contribution in [0.3, 0.4) is 0 Å². The van der Waals surface area contributed by atoms with Gasteiger partial charge in [-0.05, 0) is 64.1 Å². The molecule has 33 heavy (non-hydrogen) atoms. The normalized spacial score (nSPS) is 10.8. The van der Waals surface area contributed by atoms with Crippen LogP contribution in [0.15, 0.2) is 64.0 Å². The quantitative estimate of drug-likeness (QED) is 0.320. The largest absolute Gasteiger partial charge is 0.452 e. The minimum absolute atomic E-state index is 0.367. The maximum Gasteiger partial charge on any atom is 0.339 e. The molecule has 0 bridgehead atoms. The number of carbonyl (C=O) groups is 2. The first kappa shape index (κ1) is 24.4. The third-order valence-electron chi connectivity index (χ3n) is 4.93. The summed E-state index contributed by atoms with van der Waals surface area (Å²) in [6, 6.07) is 17.0. The predicted molar refractivity (Wildman–Crippen MR) is 131 cm³/mol. The summed E-state index contributed by atoms with van der Waals surface area (Å²) in [4.78, 5) is 27.9. The van der Waals surface area contributed by atoms with Crippen molar-refractivity contribution < 1.29 is 18.8 Å². The van der Waals surface area contributed by atoms with Crippen molar-refractivity contribution in [3.05, 3.63) is 71.6 Å². The smallest absolute Gasteiger partial charge is 0.339 e. The first-order valence-electron chi connectivity index (χ1n) is 10.8. The Kier molecular flexibility index (Phi) is 8.54. The van der Waals surface area contributed by atoms with Gasteiger partial charge in [0.1, 0.15) is 5.76 Å². The fourth-order valence-electron chi connectivity index (χ4n) is 3.38. The number of esters is 1. The van der Waals surface area contributed by atoms with Crippen molar-refractivity contribution in [2.75, 3.05) is 23.4 Å². The van der Waals surface area contributed by atoms with Gasteiger partial charge in [0.05, 0.1) is 17.0 Å². The average molecular weight is 468 g/mol. The standard InChI is InChI=1S/C25H29N3O4S/c1-5-28(17(2)3)20-12-10-19(11-13-20)26-24(29)15-31-25(30)22-8-6-7-9-23(22)33-16-21-14-18(4)27-32-21/h6-14,17H,5,15-16H2,1-4H3,(H,26,29). The lowest BCUT2D eigenvalue weighted by molar-refractivity contribution is -0.119. The summed E-state index contributed by atoms with van der Waals surface area (Å²) in [7, 11) is 0. The first-order chi connectivity index (χ1) is 15.9. The number of nitrogens with one attached hydrogen (secondary N) is 1. The molecular formula is C25H29N3O4S. The molecule has 1 amide bonds. The van der Waals surface area contributed by atoms with Crippen molar-refractivity contribution >= 4 is 35.0 Å². The van der Waals surface area contributed by atoms with Crippen molar-refractivity contribution in [2.45, 2.75) is 44.4 Å². The van der Waals surface area contributed by atoms with Crippen LogP contribution < -0.4 is 10.2 Å². The van der Waals surface area contributed by atoms with Crippen LogP contribution in [0.4, 0.5) is 11.4 Å². The number of hydrogen-bond donors (Lipinski definition) is 1. The van der Waals surface area contributed by atoms with E-state index in [1.807, 2.05) is 49.4 Å². The topological polar surface area (TPSA) is 84.7 Å². The van der Waals surface area contributed by atoms with Crippen LogP contribution in [0.2, 0.25) is 0 Å². The van der Waals surface area contributed by atoms with Crippen LogP contribution >= 0.6 is 11.8 Å². The average Bonchev–Trinajstić information content (AvgIpc) is 3.22. The summed E-state index contributed by atoms with van der Waals surface area (Å²) in [5.41, 5.74) is 2.95. The minimum atomic E-state index is -0.548. The number of rotatable bonds is 10. The van der Waals surface area contributed by atoms with Gasteiger partial charge in [0, 0.05) is 34.9 Å². The molecule has 8 heteroatoms. The Bertz CT molecular complexity index is 1080. The van der Waals surface area contributed by atoms with Crippen LogP contribution in [0.1, 0.15) is 42.6 Å². The Morgan fingerprint density at radius 1 is 1.15 bits per heavy atom. The molecule has 0 fully saturated rings. The number of aromatic nitrogens is 1. The Balaban J connectivity index is 1.54. The maximum absolute atomic E-state index is 12.6. The second kappa shape index (κ2) is 11.6. The highest BCUT2D eigenvalue weighted by atomic mass is 32.2. The van der Waals surface area contributed by atoms with Gasteiger partial charge < -0.3 is 19.5 Å². The van der Waals surface area contributed by atoms with Gasteiger partial charge >= 0.3 is 5.97 Å². The highest BCUT2D eigenvalue weighted by Gasteiger charge is 2.16. The summed E-state index contributed by atoms with van der Waals surface area (Å²) >= 11 is 1.45.